The SMILES string of the molecule is [2H]c1c([2H])c([2H])c(-c2cc(-c3cccc(-c4c([2H])c([2H])c([2H])c([2H])c4[2H])c3Oc3ccnc(-n4c5ccccc5c5ccc(Oc6cccc(-n7c[n+](-c8c(-c9c([2H])c([2H])c([2H])c([2H])c9[2H])cccc8-c8c([2H])c([2H])c([2H])c([2H])c8[2H])c8ccccc87)c6)cc54)c3)cc(C(C)(C)C)c2)c([2H])c1[2H]. The van der Waals surface area contributed by atoms with Gasteiger partial charge < -0.3 is 9.47 Å². The second-order valence-corrected chi connectivity index (χ2v) is 20.4. The molecule has 0 N–H and O–H groups in total. The van der Waals surface area contributed by atoms with Crippen LogP contribution in [0.2, 0.25) is 0 Å². The standard InChI is InChI=1S/C76H57N4O2/c1-76(2,3)58-46-56(52-23-8-4-9-24-52)45-57(47-58)66-37-22-36-65(55-29-14-7-15-30-55)75(66)82-62-43-44-77-73(50-62)80-69-38-17-16-33-67(69)68-42-41-61(49-72(68)80)81-60-32-20-31-59(48-60)78-51-79(71-40-19-18-39-70(71)78)74-63(53-25-10-5-11-26-53)34-21-35-64(74)54-27-12-6-13-28-54/h4-51H,1-3H3/q+1/i4D,5D,6D,7D,8D,9D,10D,11D,12D,13D,14D,15D,23D,24D,25D,26D,27D,28D,29D,30D. The third-order valence-corrected chi connectivity index (χ3v) is 14.3. The molecule has 0 saturated carbocycles. The van der Waals surface area contributed by atoms with Gasteiger partial charge in [0.1, 0.15) is 40.2 Å². The number of pyridine rings is 1. The number of hydrogen-bond acceptors (Lipinski definition) is 3. The van der Waals surface area contributed by atoms with E-state index < -0.39 is 126 Å². The molecule has 11 aromatic carbocycles. The highest BCUT2D eigenvalue weighted by molar-refractivity contribution is 6.09. The second kappa shape index (κ2) is 20.9. The summed E-state index contributed by atoms with van der Waals surface area (Å²) < 4.78 is 195. The summed E-state index contributed by atoms with van der Waals surface area (Å²) in [7, 11) is 0. The van der Waals surface area contributed by atoms with Crippen LogP contribution in [-0.2, 0) is 5.41 Å². The maximum absolute atomic E-state index is 9.19. The zero-order valence-electron chi connectivity index (χ0n) is 64.3. The number of nitrogens with zero attached hydrogens (tertiary/aromatic N) is 4. The molecular weight excluding hydrogens is 1000 g/mol. The van der Waals surface area contributed by atoms with Gasteiger partial charge in [0.2, 0.25) is 0 Å². The Morgan fingerprint density at radius 3 is 1.66 bits per heavy atom. The molecule has 392 valence electrons. The molecule has 82 heavy (non-hydrogen) atoms. The molecule has 0 saturated heterocycles. The van der Waals surface area contributed by atoms with E-state index >= 15 is 0 Å². The number of imidazole rings is 1. The molecule has 0 unspecified atom stereocenters. The average molecular weight is 1080 g/mol. The van der Waals surface area contributed by atoms with E-state index in [0.29, 0.717) is 56.2 Å². The van der Waals surface area contributed by atoms with E-state index in [0.717, 1.165) is 21.9 Å². The van der Waals surface area contributed by atoms with Crippen LogP contribution < -0.4 is 14.0 Å². The molecule has 6 nitrogen and oxygen atoms in total. The lowest BCUT2D eigenvalue weighted by atomic mass is 9.83. The van der Waals surface area contributed by atoms with Gasteiger partial charge in [0.25, 0.3) is 6.33 Å². The van der Waals surface area contributed by atoms with Gasteiger partial charge in [0.15, 0.2) is 11.0 Å². The largest absolute Gasteiger partial charge is 0.457 e. The molecule has 0 atom stereocenters. The smallest absolute Gasteiger partial charge is 0.255 e. The molecule has 0 bridgehead atoms. The van der Waals surface area contributed by atoms with Crippen molar-refractivity contribution in [2.45, 2.75) is 26.2 Å². The number of aromatic nitrogens is 4. The highest BCUT2D eigenvalue weighted by Gasteiger charge is 2.26. The van der Waals surface area contributed by atoms with Crippen LogP contribution in [0.3, 0.4) is 0 Å². The van der Waals surface area contributed by atoms with Crippen LogP contribution in [0.5, 0.6) is 23.0 Å². The highest BCUT2D eigenvalue weighted by Crippen LogP contribution is 2.45. The van der Waals surface area contributed by atoms with Crippen LogP contribution in [0.25, 0.3) is 106 Å². The summed E-state index contributed by atoms with van der Waals surface area (Å²) in [6.07, 6.45) is 3.27. The summed E-state index contributed by atoms with van der Waals surface area (Å²) in [5.41, 5.74) is 4.52. The van der Waals surface area contributed by atoms with Crippen molar-refractivity contribution in [3.05, 3.63) is 297 Å². The van der Waals surface area contributed by atoms with Crippen LogP contribution >= 0.6 is 0 Å². The van der Waals surface area contributed by atoms with E-state index in [9.17, 15) is 2.74 Å². The van der Waals surface area contributed by atoms with Crippen LogP contribution in [0.15, 0.2) is 291 Å². The Morgan fingerprint density at radius 2 is 0.976 bits per heavy atom. The number of rotatable bonds is 12. The number of para-hydroxylation sites is 5. The quantitative estimate of drug-likeness (QED) is 0.115. The van der Waals surface area contributed by atoms with E-state index in [1.807, 2.05) is 109 Å². The number of fused-ring (bicyclic) bond motifs is 4. The van der Waals surface area contributed by atoms with Crippen molar-refractivity contribution in [3.63, 3.8) is 0 Å². The van der Waals surface area contributed by atoms with Crippen molar-refractivity contribution < 1.29 is 41.5 Å². The molecule has 0 aliphatic heterocycles. The van der Waals surface area contributed by atoms with E-state index in [1.165, 1.54) is 0 Å². The van der Waals surface area contributed by atoms with Crippen molar-refractivity contribution in [3.8, 4) is 95.8 Å². The first-order valence-electron chi connectivity index (χ1n) is 36.3. The molecule has 6 heteroatoms. The fourth-order valence-corrected chi connectivity index (χ4v) is 10.5. The Morgan fingerprint density at radius 1 is 0.427 bits per heavy atom. The molecule has 0 radical (unpaired) electrons. The van der Waals surface area contributed by atoms with Gasteiger partial charge >= 0.3 is 0 Å². The fourth-order valence-electron chi connectivity index (χ4n) is 10.5. The van der Waals surface area contributed by atoms with Crippen molar-refractivity contribution in [2.75, 3.05) is 0 Å². The lowest BCUT2D eigenvalue weighted by Gasteiger charge is -2.23. The molecule has 0 fully saturated rings. The average Bonchev–Trinajstić information content (AvgIpc) is 0.953. The predicted molar refractivity (Wildman–Crippen MR) is 336 cm³/mol. The van der Waals surface area contributed by atoms with Gasteiger partial charge in [-0.05, 0) is 99.0 Å². The zero-order valence-corrected chi connectivity index (χ0v) is 44.3. The molecule has 0 aliphatic rings. The second-order valence-electron chi connectivity index (χ2n) is 20.4. The first-order chi connectivity index (χ1) is 48.6. The van der Waals surface area contributed by atoms with Gasteiger partial charge in [-0.2, -0.15) is 9.13 Å². The first kappa shape index (κ1) is 32.5. The lowest BCUT2D eigenvalue weighted by Crippen LogP contribution is -2.30. The van der Waals surface area contributed by atoms with Crippen LogP contribution in [0.1, 0.15) is 53.7 Å². The maximum Gasteiger partial charge on any atom is 0.255 e. The Balaban J connectivity index is 0.889. The molecule has 0 amide bonds. The van der Waals surface area contributed by atoms with Gasteiger partial charge in [0.05, 0.1) is 38.4 Å². The number of hydrogen-bond donors (Lipinski definition) is 0. The first-order valence-corrected chi connectivity index (χ1v) is 26.3. The van der Waals surface area contributed by atoms with E-state index in [1.54, 1.807) is 96.0 Å². The minimum atomic E-state index is -0.606. The van der Waals surface area contributed by atoms with E-state index in [-0.39, 0.29) is 56.1 Å². The van der Waals surface area contributed by atoms with Crippen LogP contribution in [0, 0.1) is 0 Å². The van der Waals surface area contributed by atoms with E-state index in [2.05, 4.69) is 0 Å². The Hall–Kier alpha value is -10.6. The molecular formula is C76H57N4O2+. The van der Waals surface area contributed by atoms with Crippen molar-refractivity contribution in [1.29, 1.82) is 0 Å². The van der Waals surface area contributed by atoms with Gasteiger partial charge in [0, 0.05) is 57.4 Å². The molecule has 14 aromatic rings. The summed E-state index contributed by atoms with van der Waals surface area (Å²) in [5.74, 6) is 1.49. The third kappa shape index (κ3) is 9.36. The van der Waals surface area contributed by atoms with Crippen molar-refractivity contribution >= 4 is 32.8 Å². The molecule has 3 aromatic heterocycles. The Kier molecular flexibility index (Phi) is 8.29. The summed E-state index contributed by atoms with van der Waals surface area (Å²) >= 11 is 0. The summed E-state index contributed by atoms with van der Waals surface area (Å²) in [5, 5.41) is 1.70. The Bertz CT molecular complexity index is 5720. The van der Waals surface area contributed by atoms with Crippen LogP contribution in [0.4, 0.5) is 0 Å². The normalized spacial score (nSPS) is 15.0. The van der Waals surface area contributed by atoms with Crippen LogP contribution in [-0.4, -0.2) is 14.1 Å². The van der Waals surface area contributed by atoms with Gasteiger partial charge in [-0.25, -0.2) is 4.98 Å². The summed E-state index contributed by atoms with van der Waals surface area (Å²) in [4.78, 5) is 4.90. The minimum Gasteiger partial charge on any atom is -0.457 e. The van der Waals surface area contributed by atoms with Gasteiger partial charge in [-0.3, -0.25) is 4.57 Å². The molecule has 14 rings (SSSR count). The highest BCUT2D eigenvalue weighted by atomic mass is 16.5. The molecule has 0 spiro atoms. The summed E-state index contributed by atoms with van der Waals surface area (Å²) in [6, 6.07) is 35.6. The number of ether oxygens (including phenoxy) is 2. The molecule has 0 aliphatic carbocycles. The van der Waals surface area contributed by atoms with Gasteiger partial charge in [-0.15, -0.1) is 0 Å². The minimum absolute atomic E-state index is 0.0294. The number of benzene rings is 11. The third-order valence-electron chi connectivity index (χ3n) is 14.3. The Labute approximate surface area is 505 Å². The topological polar surface area (TPSA) is 45.1 Å². The fraction of sp³-hybridized carbons (Fsp3) is 0.0526. The lowest BCUT2D eigenvalue weighted by molar-refractivity contribution is -0.566. The molecule has 3 heterocycles. The monoisotopic (exact) mass is 1080 g/mol. The van der Waals surface area contributed by atoms with E-state index in [4.69, 9.17) is 39.1 Å². The van der Waals surface area contributed by atoms with Crippen molar-refractivity contribution in [1.82, 2.24) is 14.1 Å². The maximum atomic E-state index is 9.19. The van der Waals surface area contributed by atoms with Crippen molar-refractivity contribution in [2.24, 2.45) is 0 Å². The predicted octanol–water partition coefficient (Wildman–Crippen LogP) is 19.6. The summed E-state index contributed by atoms with van der Waals surface area (Å²) in [6.45, 7) is 5.92. The van der Waals surface area contributed by atoms with Gasteiger partial charge in [-0.1, -0.05) is 227 Å². The zero-order chi connectivity index (χ0) is 72.6.